The largest absolute Gasteiger partial charge is 0.507 e. The Bertz CT molecular complexity index is 906. The second-order valence-electron chi connectivity index (χ2n) is 9.05. The molecular formula is C23H33N3O7. The van der Waals surface area contributed by atoms with Crippen LogP contribution in [0.2, 0.25) is 0 Å². The van der Waals surface area contributed by atoms with Gasteiger partial charge >= 0.3 is 12.1 Å². The molecule has 0 aromatic heterocycles. The molecular weight excluding hydrogens is 430 g/mol. The van der Waals surface area contributed by atoms with Crippen LogP contribution in [0.25, 0.3) is 0 Å². The summed E-state index contributed by atoms with van der Waals surface area (Å²) in [6.45, 7) is 7.91. The van der Waals surface area contributed by atoms with E-state index in [4.69, 9.17) is 4.74 Å². The third-order valence-corrected chi connectivity index (χ3v) is 5.02. The van der Waals surface area contributed by atoms with Crippen LogP contribution < -0.4 is 10.6 Å². The van der Waals surface area contributed by atoms with Crippen LogP contribution in [0.15, 0.2) is 18.2 Å². The van der Waals surface area contributed by atoms with Crippen molar-refractivity contribution >= 4 is 23.9 Å². The summed E-state index contributed by atoms with van der Waals surface area (Å²) in [4.78, 5) is 51.8. The number of rotatable bonds is 8. The highest BCUT2D eigenvalue weighted by Crippen LogP contribution is 2.39. The molecule has 1 fully saturated rings. The Morgan fingerprint density at radius 3 is 2.39 bits per heavy atom. The molecule has 3 N–H and O–H groups in total. The highest BCUT2D eigenvalue weighted by molar-refractivity contribution is 5.93. The lowest BCUT2D eigenvalue weighted by Gasteiger charge is -2.34. The molecule has 10 heteroatoms. The second-order valence-corrected chi connectivity index (χ2v) is 9.05. The van der Waals surface area contributed by atoms with Crippen LogP contribution >= 0.6 is 0 Å². The van der Waals surface area contributed by atoms with Crippen molar-refractivity contribution in [3.63, 3.8) is 0 Å². The van der Waals surface area contributed by atoms with Crippen molar-refractivity contribution in [2.24, 2.45) is 0 Å². The van der Waals surface area contributed by atoms with E-state index in [9.17, 15) is 24.3 Å². The van der Waals surface area contributed by atoms with E-state index in [1.807, 2.05) is 0 Å². The Kier molecular flexibility index (Phi) is 8.29. The third-order valence-electron chi connectivity index (χ3n) is 5.02. The van der Waals surface area contributed by atoms with Gasteiger partial charge in [-0.25, -0.2) is 4.79 Å². The molecule has 2 atom stereocenters. The van der Waals surface area contributed by atoms with E-state index in [0.717, 1.165) is 0 Å². The van der Waals surface area contributed by atoms with Crippen LogP contribution in [0.1, 0.15) is 57.7 Å². The fourth-order valence-electron chi connectivity index (χ4n) is 3.29. The van der Waals surface area contributed by atoms with Crippen molar-refractivity contribution < 1.29 is 33.8 Å². The average Bonchev–Trinajstić information content (AvgIpc) is 3.55. The summed E-state index contributed by atoms with van der Waals surface area (Å²) in [7, 11) is 1.20. The van der Waals surface area contributed by atoms with Crippen LogP contribution in [0.5, 0.6) is 5.75 Å². The maximum absolute atomic E-state index is 13.4. The molecule has 2 rings (SSSR count). The number of esters is 1. The fourth-order valence-corrected chi connectivity index (χ4v) is 3.29. The minimum atomic E-state index is -1.21. The molecule has 0 heterocycles. The van der Waals surface area contributed by atoms with E-state index in [-0.39, 0.29) is 17.4 Å². The number of methoxy groups -OCH3 is 1. The minimum absolute atomic E-state index is 0.123. The van der Waals surface area contributed by atoms with Crippen molar-refractivity contribution in [2.75, 3.05) is 13.7 Å². The number of amides is 3. The maximum atomic E-state index is 13.4. The summed E-state index contributed by atoms with van der Waals surface area (Å²) in [6, 6.07) is 2.44. The van der Waals surface area contributed by atoms with Gasteiger partial charge in [0, 0.05) is 11.6 Å². The number of phenolic OH excluding ortho intramolecular Hbond substituents is 1. The first-order valence-electron chi connectivity index (χ1n) is 10.8. The topological polar surface area (TPSA) is 134 Å². The van der Waals surface area contributed by atoms with E-state index in [0.29, 0.717) is 18.4 Å². The van der Waals surface area contributed by atoms with E-state index in [1.54, 1.807) is 45.9 Å². The van der Waals surface area contributed by atoms with Crippen LogP contribution in [0.3, 0.4) is 0 Å². The van der Waals surface area contributed by atoms with Crippen LogP contribution in [0.4, 0.5) is 4.79 Å². The van der Waals surface area contributed by atoms with Gasteiger partial charge in [-0.2, -0.15) is 0 Å². The number of phenols is 1. The molecule has 1 aliphatic rings. The number of nitrogens with zero attached hydrogens (tertiary/aromatic N) is 1. The molecule has 2 unspecified atom stereocenters. The normalized spacial score (nSPS) is 15.1. The van der Waals surface area contributed by atoms with E-state index in [2.05, 4.69) is 15.4 Å². The van der Waals surface area contributed by atoms with Crippen LogP contribution in [0, 0.1) is 6.92 Å². The van der Waals surface area contributed by atoms with Gasteiger partial charge in [0.25, 0.3) is 0 Å². The van der Waals surface area contributed by atoms with Gasteiger partial charge in [0.15, 0.2) is 0 Å². The van der Waals surface area contributed by atoms with Gasteiger partial charge in [-0.15, -0.1) is 0 Å². The van der Waals surface area contributed by atoms with Crippen LogP contribution in [-0.4, -0.2) is 65.2 Å². The first-order chi connectivity index (χ1) is 15.4. The molecule has 10 nitrogen and oxygen atoms in total. The zero-order valence-electron chi connectivity index (χ0n) is 19.9. The van der Waals surface area contributed by atoms with Gasteiger partial charge in [-0.05, 0) is 53.0 Å². The van der Waals surface area contributed by atoms with Gasteiger partial charge in [-0.3, -0.25) is 14.4 Å². The molecule has 0 radical (unpaired) electrons. The van der Waals surface area contributed by atoms with Gasteiger partial charge in [0.2, 0.25) is 11.8 Å². The predicted octanol–water partition coefficient (Wildman–Crippen LogP) is 1.94. The summed E-state index contributed by atoms with van der Waals surface area (Å²) in [5.41, 5.74) is 0.00986. The number of aromatic hydroxyl groups is 1. The number of hydrogen-bond acceptors (Lipinski definition) is 7. The highest BCUT2D eigenvalue weighted by Gasteiger charge is 2.44. The quantitative estimate of drug-likeness (QED) is 0.502. The predicted molar refractivity (Wildman–Crippen MR) is 119 cm³/mol. The number of ether oxygens (including phenoxy) is 2. The number of alkyl carbamates (subject to hydrolysis) is 1. The minimum Gasteiger partial charge on any atom is -0.507 e. The average molecular weight is 464 g/mol. The molecule has 1 aliphatic carbocycles. The number of carbonyl (C=O) groups excluding carboxylic acids is 4. The fraction of sp³-hybridized carbons (Fsp3) is 0.565. The van der Waals surface area contributed by atoms with Crippen LogP contribution in [-0.2, 0) is 23.9 Å². The number of nitrogens with one attached hydrogen (secondary N) is 2. The molecule has 0 bridgehead atoms. The smallest absolute Gasteiger partial charge is 0.408 e. The lowest BCUT2D eigenvalue weighted by Crippen LogP contribution is -2.53. The SMILES string of the molecule is COC(=O)CNC(=O)C(c1cccc(C)c1O)N(C(=O)C(C)NC(=O)OC(C)(C)C)C1CC1. The van der Waals surface area contributed by atoms with Crippen molar-refractivity contribution in [3.05, 3.63) is 29.3 Å². The molecule has 0 aliphatic heterocycles. The zero-order chi connectivity index (χ0) is 24.9. The summed E-state index contributed by atoms with van der Waals surface area (Å²) in [6.07, 6.45) is 0.570. The van der Waals surface area contributed by atoms with Crippen molar-refractivity contribution in [2.45, 2.75) is 71.2 Å². The number of benzene rings is 1. The van der Waals surface area contributed by atoms with Crippen molar-refractivity contribution in [3.8, 4) is 5.75 Å². The first kappa shape index (κ1) is 26.0. The molecule has 1 aromatic rings. The summed E-state index contributed by atoms with van der Waals surface area (Å²) >= 11 is 0. The molecule has 0 saturated heterocycles. The maximum Gasteiger partial charge on any atom is 0.408 e. The van der Waals surface area contributed by atoms with Crippen molar-refractivity contribution in [1.82, 2.24) is 15.5 Å². The Morgan fingerprint density at radius 1 is 1.21 bits per heavy atom. The van der Waals surface area contributed by atoms with Gasteiger partial charge < -0.3 is 30.1 Å². The molecule has 1 saturated carbocycles. The van der Waals surface area contributed by atoms with Gasteiger partial charge in [0.1, 0.15) is 30.0 Å². The molecule has 182 valence electrons. The highest BCUT2D eigenvalue weighted by atomic mass is 16.6. The van der Waals surface area contributed by atoms with E-state index in [1.165, 1.54) is 18.9 Å². The van der Waals surface area contributed by atoms with E-state index < -0.39 is 48.1 Å². The molecule has 1 aromatic carbocycles. The van der Waals surface area contributed by atoms with Gasteiger partial charge in [0.05, 0.1) is 7.11 Å². The molecule has 0 spiro atoms. The standard InChI is InChI=1S/C23H33N3O7/c1-13-8-7-9-16(19(13)28)18(20(29)24-12-17(27)32-6)26(15-10-11-15)21(30)14(2)25-22(31)33-23(3,4)5/h7-9,14-15,18,28H,10-12H2,1-6H3,(H,24,29)(H,25,31). The second kappa shape index (κ2) is 10.5. The lowest BCUT2D eigenvalue weighted by molar-refractivity contribution is -0.145. The number of carbonyl (C=O) groups is 4. The lowest BCUT2D eigenvalue weighted by atomic mass is 9.99. The van der Waals surface area contributed by atoms with Crippen molar-refractivity contribution in [1.29, 1.82) is 0 Å². The number of aryl methyl sites for hydroxylation is 1. The third kappa shape index (κ3) is 7.10. The summed E-state index contributed by atoms with van der Waals surface area (Å²) in [5, 5.41) is 15.7. The summed E-state index contributed by atoms with van der Waals surface area (Å²) in [5.74, 6) is -1.93. The molecule has 33 heavy (non-hydrogen) atoms. The zero-order valence-corrected chi connectivity index (χ0v) is 19.9. The Labute approximate surface area is 193 Å². The summed E-state index contributed by atoms with van der Waals surface area (Å²) < 4.78 is 9.80. The monoisotopic (exact) mass is 463 g/mol. The Balaban J connectivity index is 2.37. The molecule has 3 amide bonds. The Morgan fingerprint density at radius 2 is 1.85 bits per heavy atom. The number of para-hydroxylation sites is 1. The number of hydrogen-bond donors (Lipinski definition) is 3. The Hall–Kier alpha value is -3.30. The first-order valence-corrected chi connectivity index (χ1v) is 10.8. The van der Waals surface area contributed by atoms with Gasteiger partial charge in [-0.1, -0.05) is 18.2 Å². The van der Waals surface area contributed by atoms with E-state index >= 15 is 0 Å².